The molecule has 4 aromatic rings. The molecular weight excluding hydrogens is 639 g/mol. The fourth-order valence-corrected chi connectivity index (χ4v) is 7.78. The van der Waals surface area contributed by atoms with Gasteiger partial charge in [-0.3, -0.25) is 9.69 Å². The molecule has 1 saturated heterocycles. The number of anilines is 1. The maximum absolute atomic E-state index is 14.0. The Balaban J connectivity index is 1.37. The number of carbonyl (C=O) groups is 2. The molecule has 13 heteroatoms. The summed E-state index contributed by atoms with van der Waals surface area (Å²) in [6.07, 6.45) is -0.556. The van der Waals surface area contributed by atoms with Crippen LogP contribution in [0.25, 0.3) is 10.2 Å². The van der Waals surface area contributed by atoms with Crippen molar-refractivity contribution >= 4 is 49.4 Å². The van der Waals surface area contributed by atoms with Gasteiger partial charge in [0.05, 0.1) is 39.3 Å². The number of benzene rings is 2. The Morgan fingerprint density at radius 1 is 1.11 bits per heavy atom. The monoisotopic (exact) mass is 679 g/mol. The molecular formula is C34H41N5O6S2. The number of sulfonamides is 1. The number of cyclic esters (lactones) is 1. The second-order valence-corrected chi connectivity index (χ2v) is 15.1. The van der Waals surface area contributed by atoms with Crippen molar-refractivity contribution < 1.29 is 27.9 Å². The number of aliphatic hydroxyl groups is 1. The van der Waals surface area contributed by atoms with E-state index in [9.17, 15) is 23.1 Å². The smallest absolute Gasteiger partial charge is 0.416 e. The Hall–Kier alpha value is -3.91. The van der Waals surface area contributed by atoms with Gasteiger partial charge in [-0.1, -0.05) is 64.4 Å². The van der Waals surface area contributed by atoms with Gasteiger partial charge >= 0.3 is 6.09 Å². The Labute approximate surface area is 279 Å². The van der Waals surface area contributed by atoms with Gasteiger partial charge in [0, 0.05) is 19.3 Å². The van der Waals surface area contributed by atoms with Crippen LogP contribution < -0.4 is 10.2 Å². The van der Waals surface area contributed by atoms with Crippen molar-refractivity contribution in [2.75, 3.05) is 24.5 Å². The molecule has 0 saturated carbocycles. The number of pyridine rings is 1. The number of nitrogens with zero attached hydrogens (tertiary/aromatic N) is 4. The van der Waals surface area contributed by atoms with E-state index in [1.165, 1.54) is 26.6 Å². The molecule has 1 aliphatic heterocycles. The van der Waals surface area contributed by atoms with E-state index in [1.54, 1.807) is 29.9 Å². The highest BCUT2D eigenvalue weighted by molar-refractivity contribution is 7.89. The summed E-state index contributed by atoms with van der Waals surface area (Å²) in [5.41, 5.74) is 4.20. The third-order valence-corrected chi connectivity index (χ3v) is 11.1. The van der Waals surface area contributed by atoms with Crippen molar-refractivity contribution in [1.82, 2.24) is 19.6 Å². The molecule has 0 spiro atoms. The molecule has 0 bridgehead atoms. The van der Waals surface area contributed by atoms with Crippen molar-refractivity contribution in [3.8, 4) is 0 Å². The molecule has 1 fully saturated rings. The predicted molar refractivity (Wildman–Crippen MR) is 182 cm³/mol. The van der Waals surface area contributed by atoms with Crippen LogP contribution in [0.5, 0.6) is 0 Å². The van der Waals surface area contributed by atoms with E-state index < -0.39 is 40.3 Å². The van der Waals surface area contributed by atoms with E-state index in [2.05, 4.69) is 15.3 Å². The molecule has 5 rings (SSSR count). The number of hydrogen-bond acceptors (Lipinski definition) is 9. The van der Waals surface area contributed by atoms with Gasteiger partial charge in [-0.2, -0.15) is 4.31 Å². The highest BCUT2D eigenvalue weighted by Gasteiger charge is 2.40. The maximum atomic E-state index is 14.0. The number of carbonyl (C=O) groups excluding carboxylic acids is 2. The van der Waals surface area contributed by atoms with E-state index in [0.29, 0.717) is 11.3 Å². The lowest BCUT2D eigenvalue weighted by Crippen LogP contribution is -2.53. The number of hydrogen-bond donors (Lipinski definition) is 2. The average molecular weight is 680 g/mol. The van der Waals surface area contributed by atoms with Crippen molar-refractivity contribution in [3.63, 3.8) is 0 Å². The van der Waals surface area contributed by atoms with Crippen LogP contribution in [0.15, 0.2) is 77.3 Å². The average Bonchev–Trinajstić information content (AvgIpc) is 3.70. The summed E-state index contributed by atoms with van der Waals surface area (Å²) in [4.78, 5) is 36.4. The first-order valence-corrected chi connectivity index (χ1v) is 18.1. The minimum absolute atomic E-state index is 0.0120. The summed E-state index contributed by atoms with van der Waals surface area (Å²) >= 11 is 1.35. The highest BCUT2D eigenvalue weighted by atomic mass is 32.2. The van der Waals surface area contributed by atoms with Crippen LogP contribution in [-0.4, -0.2) is 77.7 Å². The summed E-state index contributed by atoms with van der Waals surface area (Å²) in [6, 6.07) is 16.9. The molecule has 0 aliphatic carbocycles. The van der Waals surface area contributed by atoms with E-state index in [1.807, 2.05) is 64.1 Å². The van der Waals surface area contributed by atoms with Gasteiger partial charge in [0.25, 0.3) is 5.91 Å². The summed E-state index contributed by atoms with van der Waals surface area (Å²) < 4.78 is 35.5. The van der Waals surface area contributed by atoms with Gasteiger partial charge in [0.1, 0.15) is 5.82 Å². The number of fused-ring (bicyclic) bond motifs is 1. The lowest BCUT2D eigenvalue weighted by atomic mass is 10.0. The zero-order valence-electron chi connectivity index (χ0n) is 26.9. The first-order valence-electron chi connectivity index (χ1n) is 15.8. The number of ether oxygens (including phenoxy) is 1. The summed E-state index contributed by atoms with van der Waals surface area (Å²) in [7, 11) is -4.02. The number of amides is 2. The third kappa shape index (κ3) is 8.15. The Morgan fingerprint density at radius 3 is 2.60 bits per heavy atom. The van der Waals surface area contributed by atoms with E-state index in [4.69, 9.17) is 4.74 Å². The SMILES string of the molecule is CC[C@H](C)CN(C[C@@H](O)[C@H](Cc1ccccc1)NC(=O)C1CN(c2cc(C(C)C)ccn2)C(=O)O1)S(=O)(=O)c1ccc2ncsc2c1. The predicted octanol–water partition coefficient (Wildman–Crippen LogP) is 4.97. The van der Waals surface area contributed by atoms with Crippen LogP contribution in [-0.2, 0) is 26.0 Å². The van der Waals surface area contributed by atoms with E-state index in [-0.39, 0.29) is 42.8 Å². The molecule has 47 heavy (non-hydrogen) atoms. The van der Waals surface area contributed by atoms with Crippen LogP contribution in [0.4, 0.5) is 10.6 Å². The van der Waals surface area contributed by atoms with Gasteiger partial charge in [0.15, 0.2) is 6.10 Å². The quantitative estimate of drug-likeness (QED) is 0.190. The van der Waals surface area contributed by atoms with Crippen molar-refractivity contribution in [2.45, 2.75) is 69.6 Å². The number of aromatic nitrogens is 2. The first kappa shape index (κ1) is 34.4. The molecule has 0 radical (unpaired) electrons. The Bertz CT molecular complexity index is 1800. The van der Waals surface area contributed by atoms with Crippen LogP contribution in [0.3, 0.4) is 0 Å². The minimum atomic E-state index is -4.02. The zero-order chi connectivity index (χ0) is 33.7. The third-order valence-electron chi connectivity index (χ3n) is 8.45. The Kier molecular flexibility index (Phi) is 10.9. The normalized spacial score (nSPS) is 17.2. The van der Waals surface area contributed by atoms with Gasteiger partial charge in [0.2, 0.25) is 10.0 Å². The minimum Gasteiger partial charge on any atom is -0.434 e. The Morgan fingerprint density at radius 2 is 1.87 bits per heavy atom. The standard InChI is InChI=1S/C34H41N5O6S2/c1-5-23(4)18-38(47(43,44)26-11-12-27-31(17-26)46-21-36-27)19-29(40)28(15-24-9-7-6-8-10-24)37-33(41)30-20-39(34(42)45-30)32-16-25(22(2)3)13-14-35-32/h6-14,16-17,21-23,28-30,40H,5,15,18-20H2,1-4H3,(H,37,41)/t23-,28-,29+,30?/m0/s1. The molecule has 4 atom stereocenters. The first-order chi connectivity index (χ1) is 22.5. The summed E-state index contributed by atoms with van der Waals surface area (Å²) in [5, 5.41) is 14.5. The lowest BCUT2D eigenvalue weighted by molar-refractivity contribution is -0.129. The molecule has 1 aliphatic rings. The molecule has 250 valence electrons. The summed E-state index contributed by atoms with van der Waals surface area (Å²) in [5.74, 6) is 0.0274. The molecule has 1 unspecified atom stereocenters. The number of rotatable bonds is 14. The molecule has 2 aromatic carbocycles. The van der Waals surface area contributed by atoms with Crippen LogP contribution in [0.1, 0.15) is 51.2 Å². The molecule has 2 aromatic heterocycles. The molecule has 3 heterocycles. The van der Waals surface area contributed by atoms with Gasteiger partial charge in [-0.05, 0) is 59.7 Å². The maximum Gasteiger partial charge on any atom is 0.416 e. The van der Waals surface area contributed by atoms with E-state index >= 15 is 0 Å². The van der Waals surface area contributed by atoms with Gasteiger partial charge in [-0.15, -0.1) is 11.3 Å². The second kappa shape index (κ2) is 14.9. The van der Waals surface area contributed by atoms with Gasteiger partial charge in [-0.25, -0.2) is 23.2 Å². The molecule has 11 nitrogen and oxygen atoms in total. The summed E-state index contributed by atoms with van der Waals surface area (Å²) in [6.45, 7) is 7.87. The topological polar surface area (TPSA) is 142 Å². The fourth-order valence-electron chi connectivity index (χ4n) is 5.38. The number of thiazole rings is 1. The zero-order valence-corrected chi connectivity index (χ0v) is 28.6. The molecule has 2 N–H and O–H groups in total. The van der Waals surface area contributed by atoms with Crippen LogP contribution in [0, 0.1) is 5.92 Å². The van der Waals surface area contributed by atoms with Gasteiger partial charge < -0.3 is 15.2 Å². The van der Waals surface area contributed by atoms with Crippen molar-refractivity contribution in [1.29, 1.82) is 0 Å². The lowest BCUT2D eigenvalue weighted by Gasteiger charge is -2.31. The highest BCUT2D eigenvalue weighted by Crippen LogP contribution is 2.27. The van der Waals surface area contributed by atoms with E-state index in [0.717, 1.165) is 22.2 Å². The molecule has 2 amide bonds. The second-order valence-electron chi connectivity index (χ2n) is 12.3. The van der Waals surface area contributed by atoms with Crippen LogP contribution >= 0.6 is 11.3 Å². The fraction of sp³-hybridized carbons (Fsp3) is 0.412. The largest absolute Gasteiger partial charge is 0.434 e. The van der Waals surface area contributed by atoms with Crippen molar-refractivity contribution in [2.24, 2.45) is 5.92 Å². The number of aliphatic hydroxyl groups excluding tert-OH is 1. The van der Waals surface area contributed by atoms with Crippen molar-refractivity contribution in [3.05, 3.63) is 83.5 Å². The van der Waals surface area contributed by atoms with Crippen LogP contribution in [0.2, 0.25) is 0 Å². The number of nitrogens with one attached hydrogen (secondary N) is 1.